The SMILES string of the molecule is CCC(C)NC(=O)Nc1ccc(C(=O)O)cc1C. The zero-order valence-corrected chi connectivity index (χ0v) is 10.8. The Balaban J connectivity index is 2.74. The van der Waals surface area contributed by atoms with Crippen LogP contribution in [0.2, 0.25) is 0 Å². The van der Waals surface area contributed by atoms with E-state index in [4.69, 9.17) is 5.11 Å². The van der Waals surface area contributed by atoms with E-state index in [9.17, 15) is 9.59 Å². The van der Waals surface area contributed by atoms with Crippen LogP contribution in [0.15, 0.2) is 18.2 Å². The largest absolute Gasteiger partial charge is 0.478 e. The maximum absolute atomic E-state index is 11.6. The molecule has 0 heterocycles. The predicted octanol–water partition coefficient (Wildman–Crippen LogP) is 2.61. The van der Waals surface area contributed by atoms with Gasteiger partial charge in [-0.1, -0.05) is 6.92 Å². The van der Waals surface area contributed by atoms with E-state index in [0.29, 0.717) is 11.3 Å². The van der Waals surface area contributed by atoms with Gasteiger partial charge < -0.3 is 15.7 Å². The lowest BCUT2D eigenvalue weighted by Gasteiger charge is -2.14. The van der Waals surface area contributed by atoms with E-state index in [1.54, 1.807) is 13.0 Å². The number of anilines is 1. The molecule has 0 fully saturated rings. The lowest BCUT2D eigenvalue weighted by molar-refractivity contribution is 0.0697. The number of hydrogen-bond donors (Lipinski definition) is 3. The zero-order chi connectivity index (χ0) is 13.7. The van der Waals surface area contributed by atoms with Gasteiger partial charge in [0.25, 0.3) is 0 Å². The van der Waals surface area contributed by atoms with Gasteiger partial charge in [-0.15, -0.1) is 0 Å². The molecule has 1 aromatic rings. The Morgan fingerprint density at radius 1 is 1.39 bits per heavy atom. The van der Waals surface area contributed by atoms with Crippen molar-refractivity contribution in [1.82, 2.24) is 5.32 Å². The van der Waals surface area contributed by atoms with Gasteiger partial charge in [0.05, 0.1) is 5.56 Å². The molecule has 0 aliphatic carbocycles. The molecule has 98 valence electrons. The highest BCUT2D eigenvalue weighted by atomic mass is 16.4. The first-order valence-corrected chi connectivity index (χ1v) is 5.85. The second kappa shape index (κ2) is 6.05. The molecular formula is C13H18N2O3. The Morgan fingerprint density at radius 3 is 2.56 bits per heavy atom. The summed E-state index contributed by atoms with van der Waals surface area (Å²) in [7, 11) is 0. The summed E-state index contributed by atoms with van der Waals surface area (Å²) in [6, 6.07) is 4.41. The minimum Gasteiger partial charge on any atom is -0.478 e. The van der Waals surface area contributed by atoms with Gasteiger partial charge in [-0.05, 0) is 44.0 Å². The summed E-state index contributed by atoms with van der Waals surface area (Å²) < 4.78 is 0. The van der Waals surface area contributed by atoms with Crippen molar-refractivity contribution in [3.8, 4) is 0 Å². The standard InChI is InChI=1S/C13H18N2O3/c1-4-9(3)14-13(18)15-11-6-5-10(12(16)17)7-8(11)2/h5-7,9H,4H2,1-3H3,(H,16,17)(H2,14,15,18). The van der Waals surface area contributed by atoms with Crippen molar-refractivity contribution in [2.45, 2.75) is 33.2 Å². The quantitative estimate of drug-likeness (QED) is 0.768. The van der Waals surface area contributed by atoms with E-state index in [0.717, 1.165) is 6.42 Å². The molecule has 0 aliphatic heterocycles. The number of aromatic carboxylic acids is 1. The highest BCUT2D eigenvalue weighted by molar-refractivity contribution is 5.92. The zero-order valence-electron chi connectivity index (χ0n) is 10.8. The Bertz CT molecular complexity index is 458. The van der Waals surface area contributed by atoms with Crippen LogP contribution >= 0.6 is 0 Å². The molecule has 0 aromatic heterocycles. The highest BCUT2D eigenvalue weighted by Gasteiger charge is 2.09. The van der Waals surface area contributed by atoms with Crippen LogP contribution in [-0.2, 0) is 0 Å². The number of carboxylic acids is 1. The number of rotatable bonds is 4. The first-order valence-electron chi connectivity index (χ1n) is 5.85. The van der Waals surface area contributed by atoms with E-state index < -0.39 is 5.97 Å². The summed E-state index contributed by atoms with van der Waals surface area (Å²) in [6.07, 6.45) is 0.852. The van der Waals surface area contributed by atoms with Crippen molar-refractivity contribution >= 4 is 17.7 Å². The van der Waals surface area contributed by atoms with E-state index in [2.05, 4.69) is 10.6 Å². The van der Waals surface area contributed by atoms with Crippen LogP contribution in [0.4, 0.5) is 10.5 Å². The molecular weight excluding hydrogens is 232 g/mol. The van der Waals surface area contributed by atoms with Gasteiger partial charge in [0.2, 0.25) is 0 Å². The summed E-state index contributed by atoms with van der Waals surface area (Å²) in [6.45, 7) is 5.66. The number of nitrogens with one attached hydrogen (secondary N) is 2. The van der Waals surface area contributed by atoms with Gasteiger partial charge in [0.1, 0.15) is 0 Å². The number of carbonyl (C=O) groups is 2. The predicted molar refractivity (Wildman–Crippen MR) is 70.0 cm³/mol. The summed E-state index contributed by atoms with van der Waals surface area (Å²) in [5.41, 5.74) is 1.54. The summed E-state index contributed by atoms with van der Waals surface area (Å²) in [4.78, 5) is 22.4. The lowest BCUT2D eigenvalue weighted by Crippen LogP contribution is -2.35. The first-order chi connectivity index (χ1) is 8.43. The fraction of sp³-hybridized carbons (Fsp3) is 0.385. The topological polar surface area (TPSA) is 78.4 Å². The molecule has 0 aliphatic rings. The molecule has 5 nitrogen and oxygen atoms in total. The van der Waals surface area contributed by atoms with Gasteiger partial charge >= 0.3 is 12.0 Å². The van der Waals surface area contributed by atoms with Crippen molar-refractivity contribution in [3.63, 3.8) is 0 Å². The molecule has 0 radical (unpaired) electrons. The van der Waals surface area contributed by atoms with E-state index in [1.807, 2.05) is 13.8 Å². The van der Waals surface area contributed by atoms with Crippen LogP contribution in [0.1, 0.15) is 36.2 Å². The second-order valence-corrected chi connectivity index (χ2v) is 4.24. The van der Waals surface area contributed by atoms with E-state index in [1.165, 1.54) is 12.1 Å². The van der Waals surface area contributed by atoms with Crippen molar-refractivity contribution in [3.05, 3.63) is 29.3 Å². The molecule has 18 heavy (non-hydrogen) atoms. The van der Waals surface area contributed by atoms with Crippen LogP contribution in [0, 0.1) is 6.92 Å². The van der Waals surface area contributed by atoms with Crippen LogP contribution in [0.5, 0.6) is 0 Å². The number of benzene rings is 1. The Morgan fingerprint density at radius 2 is 2.06 bits per heavy atom. The van der Waals surface area contributed by atoms with Crippen LogP contribution in [0.3, 0.4) is 0 Å². The third kappa shape index (κ3) is 3.76. The second-order valence-electron chi connectivity index (χ2n) is 4.24. The van der Waals surface area contributed by atoms with Gasteiger partial charge in [-0.2, -0.15) is 0 Å². The minimum atomic E-state index is -0.978. The van der Waals surface area contributed by atoms with Crippen molar-refractivity contribution < 1.29 is 14.7 Å². The number of urea groups is 1. The smallest absolute Gasteiger partial charge is 0.335 e. The number of hydrogen-bond acceptors (Lipinski definition) is 2. The average molecular weight is 250 g/mol. The maximum Gasteiger partial charge on any atom is 0.335 e. The molecule has 2 amide bonds. The normalized spacial score (nSPS) is 11.7. The Labute approximate surface area is 106 Å². The third-order valence-electron chi connectivity index (χ3n) is 2.71. The van der Waals surface area contributed by atoms with Crippen molar-refractivity contribution in [1.29, 1.82) is 0 Å². The summed E-state index contributed by atoms with van der Waals surface area (Å²) in [5.74, 6) is -0.978. The van der Waals surface area contributed by atoms with Crippen molar-refractivity contribution in [2.75, 3.05) is 5.32 Å². The monoisotopic (exact) mass is 250 g/mol. The number of carbonyl (C=O) groups excluding carboxylic acids is 1. The van der Waals surface area contributed by atoms with Gasteiger partial charge in [0.15, 0.2) is 0 Å². The van der Waals surface area contributed by atoms with Gasteiger partial charge in [-0.25, -0.2) is 9.59 Å². The minimum absolute atomic E-state index is 0.101. The molecule has 1 atom stereocenters. The average Bonchev–Trinajstić information content (AvgIpc) is 2.31. The Hall–Kier alpha value is -2.04. The van der Waals surface area contributed by atoms with Crippen molar-refractivity contribution in [2.24, 2.45) is 0 Å². The maximum atomic E-state index is 11.6. The summed E-state index contributed by atoms with van der Waals surface area (Å²) >= 11 is 0. The molecule has 0 saturated carbocycles. The Kier molecular flexibility index (Phi) is 4.71. The molecule has 1 aromatic carbocycles. The lowest BCUT2D eigenvalue weighted by atomic mass is 10.1. The molecule has 1 rings (SSSR count). The molecule has 0 bridgehead atoms. The van der Waals surface area contributed by atoms with Crippen LogP contribution in [-0.4, -0.2) is 23.1 Å². The molecule has 5 heteroatoms. The molecule has 0 saturated heterocycles. The summed E-state index contributed by atoms with van der Waals surface area (Å²) in [5, 5.41) is 14.3. The fourth-order valence-corrected chi connectivity index (χ4v) is 1.42. The molecule has 0 spiro atoms. The molecule has 3 N–H and O–H groups in total. The van der Waals surface area contributed by atoms with E-state index >= 15 is 0 Å². The molecule has 1 unspecified atom stereocenters. The highest BCUT2D eigenvalue weighted by Crippen LogP contribution is 2.16. The van der Waals surface area contributed by atoms with Crippen LogP contribution in [0.25, 0.3) is 0 Å². The first kappa shape index (κ1) is 14.0. The third-order valence-corrected chi connectivity index (χ3v) is 2.71. The van der Waals surface area contributed by atoms with E-state index in [-0.39, 0.29) is 17.6 Å². The number of aryl methyl sites for hydroxylation is 1. The van der Waals surface area contributed by atoms with Gasteiger partial charge in [-0.3, -0.25) is 0 Å². The fourth-order valence-electron chi connectivity index (χ4n) is 1.42. The van der Waals surface area contributed by atoms with Crippen LogP contribution < -0.4 is 10.6 Å². The number of carboxylic acid groups (broad SMARTS) is 1. The number of amides is 2. The van der Waals surface area contributed by atoms with Gasteiger partial charge in [0, 0.05) is 11.7 Å².